The molecule has 19 heteroatoms. The third kappa shape index (κ3) is 6.97. The highest BCUT2D eigenvalue weighted by molar-refractivity contribution is 14.1. The van der Waals surface area contributed by atoms with Crippen LogP contribution in [-0.2, 0) is 13.2 Å². The molecule has 1 N–H and O–H groups in total. The molecule has 0 aliphatic rings. The summed E-state index contributed by atoms with van der Waals surface area (Å²) in [6, 6.07) is 5.85. The van der Waals surface area contributed by atoms with E-state index in [1.165, 1.54) is 32.0 Å². The average molecular weight is 757 g/mol. The van der Waals surface area contributed by atoms with Gasteiger partial charge in [0, 0.05) is 18.8 Å². The maximum absolute atomic E-state index is 14.7. The predicted octanol–water partition coefficient (Wildman–Crippen LogP) is 7.04. The Balaban J connectivity index is 2.06. The predicted molar refractivity (Wildman–Crippen MR) is 142 cm³/mol. The average Bonchev–Trinajstić information content (AvgIpc) is 3.46. The van der Waals surface area contributed by atoms with Crippen molar-refractivity contribution in [3.63, 3.8) is 0 Å². The first-order chi connectivity index (χ1) is 19.4. The van der Waals surface area contributed by atoms with Gasteiger partial charge in [-0.3, -0.25) is 4.79 Å². The number of amides is 1. The van der Waals surface area contributed by atoms with Gasteiger partial charge in [0.1, 0.15) is 5.54 Å². The van der Waals surface area contributed by atoms with Crippen LogP contribution in [0.15, 0.2) is 30.6 Å². The van der Waals surface area contributed by atoms with E-state index < -0.39 is 56.8 Å². The van der Waals surface area contributed by atoms with Crippen LogP contribution in [0.5, 0.6) is 5.88 Å². The Kier molecular flexibility index (Phi) is 9.07. The molecule has 3 aromatic rings. The third-order valence-corrected chi connectivity index (χ3v) is 8.10. The van der Waals surface area contributed by atoms with E-state index in [-0.39, 0.29) is 28.6 Å². The van der Waals surface area contributed by atoms with E-state index in [2.05, 4.69) is 20.3 Å². The number of aromatic nitrogens is 4. The number of halogens is 11. The van der Waals surface area contributed by atoms with Crippen LogP contribution in [0.3, 0.4) is 0 Å². The van der Waals surface area contributed by atoms with Crippen LogP contribution in [0.4, 0.5) is 39.5 Å². The summed E-state index contributed by atoms with van der Waals surface area (Å²) in [5.74, 6) is -3.53. The summed E-state index contributed by atoms with van der Waals surface area (Å²) < 4.78 is 127. The molecule has 0 bridgehead atoms. The molecule has 2 heterocycles. The molecule has 0 aliphatic carbocycles. The number of nitriles is 1. The van der Waals surface area contributed by atoms with Gasteiger partial charge in [0.25, 0.3) is 11.8 Å². The van der Waals surface area contributed by atoms with Gasteiger partial charge < -0.3 is 10.1 Å². The van der Waals surface area contributed by atoms with Crippen LogP contribution in [0.25, 0.3) is 16.9 Å². The number of hydrogen-bond acceptors (Lipinski definition) is 5. The number of hydrogen-bond donors (Lipinski definition) is 1. The molecule has 0 spiro atoms. The molecule has 3 rings (SSSR count). The molecular weight excluding hydrogens is 738 g/mol. The topological polar surface area (TPSA) is 97.8 Å². The molecule has 2 aromatic heterocycles. The quantitative estimate of drug-likeness (QED) is 0.151. The fraction of sp³-hybridized carbons (Fsp3) is 0.417. The van der Waals surface area contributed by atoms with Gasteiger partial charge >= 0.3 is 18.5 Å². The lowest BCUT2D eigenvalue weighted by atomic mass is 10.0. The van der Waals surface area contributed by atoms with Crippen LogP contribution in [-0.4, -0.2) is 52.9 Å². The number of aryl methyl sites for hydroxylation is 1. The lowest BCUT2D eigenvalue weighted by molar-refractivity contribution is -0.266. The van der Waals surface area contributed by atoms with Crippen molar-refractivity contribution in [2.24, 2.45) is 7.05 Å². The van der Waals surface area contributed by atoms with Gasteiger partial charge in [-0.2, -0.15) is 45.5 Å². The molecule has 43 heavy (non-hydrogen) atoms. The Morgan fingerprint density at radius 3 is 2.23 bits per heavy atom. The van der Waals surface area contributed by atoms with E-state index in [4.69, 9.17) is 16.9 Å². The zero-order valence-corrected chi connectivity index (χ0v) is 25.1. The van der Waals surface area contributed by atoms with Gasteiger partial charge in [-0.1, -0.05) is 40.3 Å². The largest absolute Gasteiger partial charge is 0.425 e. The molecule has 1 aromatic carbocycles. The highest BCUT2D eigenvalue weighted by Crippen LogP contribution is 2.48. The lowest BCUT2D eigenvalue weighted by Gasteiger charge is -2.32. The monoisotopic (exact) mass is 756 g/mol. The minimum Gasteiger partial charge on any atom is -0.411 e. The molecular formula is C24H19ClF9IN6O2. The van der Waals surface area contributed by atoms with Crippen molar-refractivity contribution < 1.29 is 49.0 Å². The van der Waals surface area contributed by atoms with E-state index in [1.807, 2.05) is 6.07 Å². The number of nitrogens with zero attached hydrogens (tertiary/aromatic N) is 5. The van der Waals surface area contributed by atoms with Crippen LogP contribution < -0.4 is 10.1 Å². The van der Waals surface area contributed by atoms with E-state index in [0.29, 0.717) is 32.0 Å². The van der Waals surface area contributed by atoms with Crippen molar-refractivity contribution in [2.75, 3.05) is 0 Å². The van der Waals surface area contributed by atoms with Gasteiger partial charge in [-0.05, 0) is 38.5 Å². The van der Waals surface area contributed by atoms with Gasteiger partial charge in [-0.25, -0.2) is 13.8 Å². The summed E-state index contributed by atoms with van der Waals surface area (Å²) in [7, 11) is 0.898. The van der Waals surface area contributed by atoms with Gasteiger partial charge in [0.2, 0.25) is 5.67 Å². The van der Waals surface area contributed by atoms with Crippen molar-refractivity contribution in [2.45, 2.75) is 54.4 Å². The van der Waals surface area contributed by atoms with Crippen LogP contribution in [0.2, 0.25) is 5.02 Å². The molecule has 8 nitrogen and oxygen atoms in total. The molecule has 0 aliphatic heterocycles. The van der Waals surface area contributed by atoms with Crippen molar-refractivity contribution >= 4 is 40.1 Å². The summed E-state index contributed by atoms with van der Waals surface area (Å²) >= 11 is 6.52. The molecule has 0 saturated heterocycles. The molecule has 0 saturated carbocycles. The summed E-state index contributed by atoms with van der Waals surface area (Å²) in [5.41, 5.74) is -7.51. The Morgan fingerprint density at radius 2 is 1.70 bits per heavy atom. The number of benzene rings is 1. The first-order valence-electron chi connectivity index (χ1n) is 11.6. The molecule has 0 radical (unpaired) electrons. The minimum absolute atomic E-state index is 0.0143. The number of ether oxygens (including phenoxy) is 1. The van der Waals surface area contributed by atoms with Gasteiger partial charge in [0.05, 0.1) is 22.9 Å². The second kappa shape index (κ2) is 11.4. The maximum atomic E-state index is 14.7. The second-order valence-corrected chi connectivity index (χ2v) is 11.4. The van der Waals surface area contributed by atoms with E-state index in [9.17, 15) is 44.3 Å². The number of carbonyl (C=O) groups is 1. The molecule has 234 valence electrons. The summed E-state index contributed by atoms with van der Waals surface area (Å²) in [6.45, 7) is 2.66. The first kappa shape index (κ1) is 34.3. The SMILES string of the molecule is Cn1nc(OC(F)(F)C(I)C(C)(F)C(F)(F)F)c(C(F)(F)F)c1-n1cc(-c2ccc(Cl)c(C(=O)NC(C)(C)C#N)c2)cn1. The number of nitrogens with one attached hydrogen (secondary N) is 1. The normalized spacial score (nSPS) is 15.0. The molecule has 1 amide bonds. The Bertz CT molecular complexity index is 1570. The molecule has 2 unspecified atom stereocenters. The zero-order chi connectivity index (χ0) is 32.9. The maximum Gasteiger partial charge on any atom is 0.425 e. The second-order valence-electron chi connectivity index (χ2n) is 9.78. The zero-order valence-electron chi connectivity index (χ0n) is 22.2. The number of alkyl halides is 10. The van der Waals surface area contributed by atoms with Crippen molar-refractivity contribution in [3.8, 4) is 28.9 Å². The summed E-state index contributed by atoms with van der Waals surface area (Å²) in [4.78, 5) is 12.7. The fourth-order valence-electron chi connectivity index (χ4n) is 3.56. The van der Waals surface area contributed by atoms with E-state index in [1.54, 1.807) is 0 Å². The summed E-state index contributed by atoms with van der Waals surface area (Å²) in [6.07, 6.45) is -14.3. The Morgan fingerprint density at radius 1 is 1.09 bits per heavy atom. The first-order valence-corrected chi connectivity index (χ1v) is 13.2. The van der Waals surface area contributed by atoms with Gasteiger partial charge in [-0.15, -0.1) is 5.10 Å². The molecule has 0 fully saturated rings. The smallest absolute Gasteiger partial charge is 0.411 e. The Hall–Kier alpha value is -3.21. The third-order valence-electron chi connectivity index (χ3n) is 5.88. The standard InChI is InChI=1S/C24H19ClF9IN6O2/c1-20(2,10-36)38-16(42)13-7-11(5-6-14(13)25)12-8-37-41(9-12)18-15(22(27,28)29)17(39-40(18)4)43-23(30,31)19(35)21(3,26)24(32,33)34/h5-9,19H,1-4H3,(H,38,42). The fourth-order valence-corrected chi connectivity index (χ4v) is 4.24. The highest BCUT2D eigenvalue weighted by atomic mass is 127. The molecule has 2 atom stereocenters. The van der Waals surface area contributed by atoms with E-state index in [0.717, 1.165) is 19.4 Å². The minimum atomic E-state index is -5.80. The van der Waals surface area contributed by atoms with Crippen LogP contribution >= 0.6 is 34.2 Å². The summed E-state index contributed by atoms with van der Waals surface area (Å²) in [5, 5.41) is 18.7. The number of rotatable bonds is 8. The van der Waals surface area contributed by atoms with Crippen molar-refractivity contribution in [3.05, 3.63) is 46.7 Å². The van der Waals surface area contributed by atoms with Gasteiger partial charge in [0.15, 0.2) is 15.3 Å². The highest BCUT2D eigenvalue weighted by Gasteiger charge is 2.65. The van der Waals surface area contributed by atoms with Crippen LogP contribution in [0.1, 0.15) is 36.7 Å². The lowest BCUT2D eigenvalue weighted by Crippen LogP contribution is -2.55. The Labute approximate surface area is 255 Å². The van der Waals surface area contributed by atoms with E-state index >= 15 is 0 Å². The van der Waals surface area contributed by atoms with Crippen molar-refractivity contribution in [1.29, 1.82) is 5.26 Å². The van der Waals surface area contributed by atoms with Crippen LogP contribution in [0, 0.1) is 11.3 Å². The van der Waals surface area contributed by atoms with Crippen molar-refractivity contribution in [1.82, 2.24) is 24.9 Å². The number of carbonyl (C=O) groups excluding carboxylic acids is 1.